The summed E-state index contributed by atoms with van der Waals surface area (Å²) in [7, 11) is 0. The number of carbonyl (C=O) groups is 1. The third kappa shape index (κ3) is 4.49. The van der Waals surface area contributed by atoms with E-state index in [1.807, 2.05) is 13.8 Å². The highest BCUT2D eigenvalue weighted by Gasteiger charge is 2.15. The second-order valence-electron chi connectivity index (χ2n) is 4.62. The van der Waals surface area contributed by atoms with Crippen molar-refractivity contribution >= 4 is 5.97 Å². The Kier molecular flexibility index (Phi) is 5.85. The van der Waals surface area contributed by atoms with Crippen LogP contribution in [-0.4, -0.2) is 22.8 Å². The Hall–Kier alpha value is -1.36. The van der Waals surface area contributed by atoms with Gasteiger partial charge in [0.25, 0.3) is 0 Å². The molecule has 0 amide bonds. The maximum atomic E-state index is 10.3. The Balaban J connectivity index is 2.22. The Morgan fingerprint density at radius 3 is 2.67 bits per heavy atom. The van der Waals surface area contributed by atoms with Gasteiger partial charge >= 0.3 is 5.97 Å². The van der Waals surface area contributed by atoms with E-state index in [-0.39, 0.29) is 12.5 Å². The van der Waals surface area contributed by atoms with E-state index in [0.29, 0.717) is 0 Å². The van der Waals surface area contributed by atoms with Gasteiger partial charge in [-0.2, -0.15) is 0 Å². The van der Waals surface area contributed by atoms with Gasteiger partial charge in [-0.3, -0.25) is 4.79 Å². The molecule has 0 saturated heterocycles. The van der Waals surface area contributed by atoms with Gasteiger partial charge in [-0.15, -0.1) is 0 Å². The monoisotopic (exact) mass is 254 g/mol. The van der Waals surface area contributed by atoms with Crippen LogP contribution in [0.25, 0.3) is 0 Å². The molecule has 0 bridgehead atoms. The molecular weight excluding hydrogens is 232 g/mol. The van der Waals surface area contributed by atoms with Crippen LogP contribution in [0.5, 0.6) is 0 Å². The first kappa shape index (κ1) is 14.7. The molecule has 102 valence electrons. The molecule has 1 rings (SSSR count). The molecule has 1 heterocycles. The van der Waals surface area contributed by atoms with Gasteiger partial charge in [0.1, 0.15) is 5.76 Å². The van der Waals surface area contributed by atoms with Crippen LogP contribution in [0.4, 0.5) is 0 Å². The lowest BCUT2D eigenvalue weighted by Crippen LogP contribution is -2.20. The van der Waals surface area contributed by atoms with E-state index >= 15 is 0 Å². The number of aromatic nitrogens is 1. The van der Waals surface area contributed by atoms with E-state index in [1.54, 1.807) is 0 Å². The average Bonchev–Trinajstić information content (AvgIpc) is 2.63. The average molecular weight is 254 g/mol. The lowest BCUT2D eigenvalue weighted by atomic mass is 10.1. The van der Waals surface area contributed by atoms with Gasteiger partial charge in [0.15, 0.2) is 0 Å². The molecule has 1 atom stereocenters. The first-order valence-electron chi connectivity index (χ1n) is 6.40. The number of hydrogen-bond donors (Lipinski definition) is 2. The summed E-state index contributed by atoms with van der Waals surface area (Å²) in [5, 5.41) is 15.9. The van der Waals surface area contributed by atoms with Crippen molar-refractivity contribution in [2.24, 2.45) is 0 Å². The number of aryl methyl sites for hydroxylation is 2. The summed E-state index contributed by atoms with van der Waals surface area (Å²) < 4.78 is 5.13. The number of hydrogen-bond acceptors (Lipinski definition) is 4. The summed E-state index contributed by atoms with van der Waals surface area (Å²) in [6.45, 7) is 6.83. The van der Waals surface area contributed by atoms with Crippen LogP contribution >= 0.6 is 0 Å². The SMILES string of the molecule is Cc1noc(C)c1C(C)NCCCCCC(=O)O. The highest BCUT2D eigenvalue weighted by atomic mass is 16.5. The summed E-state index contributed by atoms with van der Waals surface area (Å²) >= 11 is 0. The minimum absolute atomic E-state index is 0.218. The van der Waals surface area contributed by atoms with Crippen LogP contribution < -0.4 is 5.32 Å². The van der Waals surface area contributed by atoms with Crippen LogP contribution in [0.15, 0.2) is 4.52 Å². The van der Waals surface area contributed by atoms with Crippen molar-refractivity contribution in [2.75, 3.05) is 6.54 Å². The highest BCUT2D eigenvalue weighted by Crippen LogP contribution is 2.20. The smallest absolute Gasteiger partial charge is 0.303 e. The van der Waals surface area contributed by atoms with Crippen molar-refractivity contribution in [2.45, 2.75) is 52.5 Å². The minimum Gasteiger partial charge on any atom is -0.481 e. The van der Waals surface area contributed by atoms with Crippen molar-refractivity contribution in [3.8, 4) is 0 Å². The second kappa shape index (κ2) is 7.16. The van der Waals surface area contributed by atoms with Gasteiger partial charge in [0, 0.05) is 18.0 Å². The van der Waals surface area contributed by atoms with E-state index < -0.39 is 5.97 Å². The molecule has 0 aromatic carbocycles. The minimum atomic E-state index is -0.716. The molecule has 0 aliphatic heterocycles. The Morgan fingerprint density at radius 1 is 1.39 bits per heavy atom. The molecule has 1 aromatic rings. The van der Waals surface area contributed by atoms with Crippen LogP contribution in [0, 0.1) is 13.8 Å². The molecule has 18 heavy (non-hydrogen) atoms. The fraction of sp³-hybridized carbons (Fsp3) is 0.692. The largest absolute Gasteiger partial charge is 0.481 e. The molecule has 5 nitrogen and oxygen atoms in total. The van der Waals surface area contributed by atoms with Gasteiger partial charge in [-0.05, 0) is 40.2 Å². The number of nitrogens with zero attached hydrogens (tertiary/aromatic N) is 1. The quantitative estimate of drug-likeness (QED) is 0.697. The first-order valence-corrected chi connectivity index (χ1v) is 6.40. The number of aliphatic carboxylic acids is 1. The summed E-state index contributed by atoms with van der Waals surface area (Å²) in [6.07, 6.45) is 2.94. The summed E-state index contributed by atoms with van der Waals surface area (Å²) in [4.78, 5) is 10.3. The zero-order valence-corrected chi connectivity index (χ0v) is 11.3. The Labute approximate surface area is 108 Å². The van der Waals surface area contributed by atoms with E-state index in [9.17, 15) is 4.79 Å². The van der Waals surface area contributed by atoms with Crippen molar-refractivity contribution in [1.82, 2.24) is 10.5 Å². The molecule has 0 aliphatic carbocycles. The fourth-order valence-electron chi connectivity index (χ4n) is 2.11. The molecule has 0 radical (unpaired) electrons. The predicted octanol–water partition coefficient (Wildman–Crippen LogP) is 2.59. The lowest BCUT2D eigenvalue weighted by Gasteiger charge is -2.13. The molecule has 1 unspecified atom stereocenters. The summed E-state index contributed by atoms with van der Waals surface area (Å²) in [5.41, 5.74) is 2.05. The van der Waals surface area contributed by atoms with Gasteiger partial charge in [-0.1, -0.05) is 11.6 Å². The number of carboxylic acid groups (broad SMARTS) is 1. The van der Waals surface area contributed by atoms with Crippen LogP contribution in [0.3, 0.4) is 0 Å². The van der Waals surface area contributed by atoms with Crippen molar-refractivity contribution < 1.29 is 14.4 Å². The standard InChI is InChI=1S/C13H22N2O3/c1-9(13-10(2)15-18-11(13)3)14-8-6-4-5-7-12(16)17/h9,14H,4-8H2,1-3H3,(H,16,17). The molecule has 0 spiro atoms. The first-order chi connectivity index (χ1) is 8.52. The number of nitrogens with one attached hydrogen (secondary N) is 1. The predicted molar refractivity (Wildman–Crippen MR) is 68.5 cm³/mol. The summed E-state index contributed by atoms with van der Waals surface area (Å²) in [5.74, 6) is 0.144. The van der Waals surface area contributed by atoms with Crippen LogP contribution in [-0.2, 0) is 4.79 Å². The maximum Gasteiger partial charge on any atom is 0.303 e. The molecule has 0 aliphatic rings. The van der Waals surface area contributed by atoms with Crippen molar-refractivity contribution in [3.63, 3.8) is 0 Å². The van der Waals surface area contributed by atoms with Crippen LogP contribution in [0.1, 0.15) is 55.7 Å². The van der Waals surface area contributed by atoms with E-state index in [2.05, 4.69) is 17.4 Å². The topological polar surface area (TPSA) is 75.4 Å². The third-order valence-corrected chi connectivity index (χ3v) is 3.04. The number of rotatable bonds is 8. The van der Waals surface area contributed by atoms with E-state index in [4.69, 9.17) is 9.63 Å². The fourth-order valence-corrected chi connectivity index (χ4v) is 2.11. The van der Waals surface area contributed by atoms with Gasteiger partial charge in [-0.25, -0.2) is 0 Å². The lowest BCUT2D eigenvalue weighted by molar-refractivity contribution is -0.137. The third-order valence-electron chi connectivity index (χ3n) is 3.04. The highest BCUT2D eigenvalue weighted by molar-refractivity contribution is 5.66. The number of carboxylic acids is 1. The van der Waals surface area contributed by atoms with Crippen molar-refractivity contribution in [1.29, 1.82) is 0 Å². The van der Waals surface area contributed by atoms with E-state index in [0.717, 1.165) is 42.8 Å². The molecular formula is C13H22N2O3. The maximum absolute atomic E-state index is 10.3. The Morgan fingerprint density at radius 2 is 2.11 bits per heavy atom. The second-order valence-corrected chi connectivity index (χ2v) is 4.62. The van der Waals surface area contributed by atoms with Gasteiger partial charge in [0.2, 0.25) is 0 Å². The van der Waals surface area contributed by atoms with Gasteiger partial charge < -0.3 is 14.9 Å². The van der Waals surface area contributed by atoms with Crippen molar-refractivity contribution in [3.05, 3.63) is 17.0 Å². The zero-order chi connectivity index (χ0) is 13.5. The molecule has 0 fully saturated rings. The molecule has 0 saturated carbocycles. The summed E-state index contributed by atoms with van der Waals surface area (Å²) in [6, 6.07) is 0.218. The van der Waals surface area contributed by atoms with Crippen LogP contribution in [0.2, 0.25) is 0 Å². The number of unbranched alkanes of at least 4 members (excludes halogenated alkanes) is 2. The van der Waals surface area contributed by atoms with E-state index in [1.165, 1.54) is 0 Å². The normalized spacial score (nSPS) is 12.6. The molecule has 5 heteroatoms. The molecule has 1 aromatic heterocycles. The van der Waals surface area contributed by atoms with Gasteiger partial charge in [0.05, 0.1) is 5.69 Å². The Bertz CT molecular complexity index is 368. The zero-order valence-electron chi connectivity index (χ0n) is 11.3. The molecule has 2 N–H and O–H groups in total.